The van der Waals surface area contributed by atoms with Crippen molar-refractivity contribution in [3.05, 3.63) is 0 Å². The lowest BCUT2D eigenvalue weighted by Gasteiger charge is -2.22. The van der Waals surface area contributed by atoms with Gasteiger partial charge in [0.15, 0.2) is 0 Å². The monoisotopic (exact) mass is 269 g/mol. The SMILES string of the molecule is CC(=O)NCCNC(=O)CN(CCC(C)C)C1CC1. The molecule has 0 spiro atoms. The molecule has 0 aliphatic heterocycles. The lowest BCUT2D eigenvalue weighted by molar-refractivity contribution is -0.123. The van der Waals surface area contributed by atoms with E-state index in [1.807, 2.05) is 0 Å². The van der Waals surface area contributed by atoms with E-state index in [-0.39, 0.29) is 11.8 Å². The molecular formula is C14H27N3O2. The average molecular weight is 269 g/mol. The van der Waals surface area contributed by atoms with Gasteiger partial charge in [0.1, 0.15) is 0 Å². The van der Waals surface area contributed by atoms with Crippen LogP contribution in [0.2, 0.25) is 0 Å². The maximum Gasteiger partial charge on any atom is 0.234 e. The molecule has 0 bridgehead atoms. The Bertz CT molecular complexity index is 301. The van der Waals surface area contributed by atoms with E-state index < -0.39 is 0 Å². The van der Waals surface area contributed by atoms with Gasteiger partial charge in [-0.15, -0.1) is 0 Å². The smallest absolute Gasteiger partial charge is 0.234 e. The van der Waals surface area contributed by atoms with Crippen LogP contribution in [0.15, 0.2) is 0 Å². The second kappa shape index (κ2) is 8.15. The minimum Gasteiger partial charge on any atom is -0.355 e. The Morgan fingerprint density at radius 2 is 1.84 bits per heavy atom. The van der Waals surface area contributed by atoms with E-state index in [1.165, 1.54) is 19.8 Å². The molecule has 1 aliphatic carbocycles. The summed E-state index contributed by atoms with van der Waals surface area (Å²) in [5.74, 6) is 0.663. The Labute approximate surface area is 116 Å². The predicted octanol–water partition coefficient (Wildman–Crippen LogP) is 0.749. The van der Waals surface area contributed by atoms with Crippen LogP contribution < -0.4 is 10.6 Å². The van der Waals surface area contributed by atoms with E-state index in [4.69, 9.17) is 0 Å². The summed E-state index contributed by atoms with van der Waals surface area (Å²) in [6.45, 7) is 8.37. The highest BCUT2D eigenvalue weighted by Crippen LogP contribution is 2.26. The zero-order chi connectivity index (χ0) is 14.3. The van der Waals surface area contributed by atoms with Crippen LogP contribution in [0.5, 0.6) is 0 Å². The van der Waals surface area contributed by atoms with Crippen molar-refractivity contribution in [2.24, 2.45) is 5.92 Å². The summed E-state index contributed by atoms with van der Waals surface area (Å²) in [6, 6.07) is 0.611. The molecule has 1 rings (SSSR count). The summed E-state index contributed by atoms with van der Waals surface area (Å²) in [5.41, 5.74) is 0. The summed E-state index contributed by atoms with van der Waals surface area (Å²) in [7, 11) is 0. The zero-order valence-corrected chi connectivity index (χ0v) is 12.4. The van der Waals surface area contributed by atoms with E-state index in [0.717, 1.165) is 13.0 Å². The Hall–Kier alpha value is -1.10. The van der Waals surface area contributed by atoms with Gasteiger partial charge in [-0.25, -0.2) is 0 Å². The molecule has 0 aromatic heterocycles. The van der Waals surface area contributed by atoms with Crippen LogP contribution in [-0.4, -0.2) is 48.9 Å². The van der Waals surface area contributed by atoms with Crippen molar-refractivity contribution in [2.75, 3.05) is 26.2 Å². The van der Waals surface area contributed by atoms with Crippen LogP contribution in [0.25, 0.3) is 0 Å². The maximum atomic E-state index is 11.8. The van der Waals surface area contributed by atoms with Gasteiger partial charge in [0, 0.05) is 26.1 Å². The molecule has 0 radical (unpaired) electrons. The number of nitrogens with zero attached hydrogens (tertiary/aromatic N) is 1. The molecule has 2 amide bonds. The fourth-order valence-corrected chi connectivity index (χ4v) is 1.94. The van der Waals surface area contributed by atoms with Gasteiger partial charge < -0.3 is 10.6 Å². The molecule has 1 aliphatic rings. The van der Waals surface area contributed by atoms with Crippen molar-refractivity contribution in [2.45, 2.75) is 46.1 Å². The van der Waals surface area contributed by atoms with Crippen LogP contribution in [0.1, 0.15) is 40.0 Å². The lowest BCUT2D eigenvalue weighted by atomic mass is 10.1. The number of carbonyl (C=O) groups excluding carboxylic acids is 2. The summed E-state index contributed by atoms with van der Waals surface area (Å²) < 4.78 is 0. The quantitative estimate of drug-likeness (QED) is 0.607. The Morgan fingerprint density at radius 3 is 2.37 bits per heavy atom. The molecule has 19 heavy (non-hydrogen) atoms. The fraction of sp³-hybridized carbons (Fsp3) is 0.857. The number of amides is 2. The highest BCUT2D eigenvalue weighted by molar-refractivity contribution is 5.78. The van der Waals surface area contributed by atoms with E-state index in [0.29, 0.717) is 31.6 Å². The molecule has 0 heterocycles. The normalized spacial score (nSPS) is 14.8. The number of carbonyl (C=O) groups is 2. The number of hydrogen-bond donors (Lipinski definition) is 2. The van der Waals surface area contributed by atoms with Crippen LogP contribution in [0.4, 0.5) is 0 Å². The standard InChI is InChI=1S/C14H27N3O2/c1-11(2)6-9-17(13-4-5-13)10-14(19)16-8-7-15-12(3)18/h11,13H,4-10H2,1-3H3,(H,15,18)(H,16,19). The highest BCUT2D eigenvalue weighted by atomic mass is 16.2. The third-order valence-electron chi connectivity index (χ3n) is 3.22. The van der Waals surface area contributed by atoms with Gasteiger partial charge in [-0.05, 0) is 31.7 Å². The molecular weight excluding hydrogens is 242 g/mol. The van der Waals surface area contributed by atoms with Gasteiger partial charge in [-0.3, -0.25) is 14.5 Å². The summed E-state index contributed by atoms with van der Waals surface area (Å²) in [6.07, 6.45) is 3.57. The topological polar surface area (TPSA) is 61.4 Å². The number of rotatable bonds is 9. The van der Waals surface area contributed by atoms with E-state index in [2.05, 4.69) is 29.4 Å². The summed E-state index contributed by atoms with van der Waals surface area (Å²) in [4.78, 5) is 24.8. The van der Waals surface area contributed by atoms with Crippen molar-refractivity contribution in [3.8, 4) is 0 Å². The second-order valence-electron chi connectivity index (χ2n) is 5.72. The molecule has 2 N–H and O–H groups in total. The van der Waals surface area contributed by atoms with Crippen molar-refractivity contribution >= 4 is 11.8 Å². The lowest BCUT2D eigenvalue weighted by Crippen LogP contribution is -2.41. The first-order valence-electron chi connectivity index (χ1n) is 7.24. The van der Waals surface area contributed by atoms with E-state index >= 15 is 0 Å². The molecule has 1 fully saturated rings. The number of hydrogen-bond acceptors (Lipinski definition) is 3. The predicted molar refractivity (Wildman–Crippen MR) is 75.7 cm³/mol. The average Bonchev–Trinajstić information content (AvgIpc) is 3.13. The van der Waals surface area contributed by atoms with Gasteiger partial charge in [0.05, 0.1) is 6.54 Å². The summed E-state index contributed by atoms with van der Waals surface area (Å²) in [5, 5.41) is 5.51. The first-order valence-corrected chi connectivity index (χ1v) is 7.24. The van der Waals surface area contributed by atoms with Crippen molar-refractivity contribution in [1.82, 2.24) is 15.5 Å². The van der Waals surface area contributed by atoms with Crippen LogP contribution in [-0.2, 0) is 9.59 Å². The molecule has 5 heteroatoms. The highest BCUT2D eigenvalue weighted by Gasteiger charge is 2.29. The first kappa shape index (κ1) is 16.0. The second-order valence-corrected chi connectivity index (χ2v) is 5.72. The van der Waals surface area contributed by atoms with Crippen LogP contribution >= 0.6 is 0 Å². The van der Waals surface area contributed by atoms with Crippen molar-refractivity contribution in [3.63, 3.8) is 0 Å². The Morgan fingerprint density at radius 1 is 1.21 bits per heavy atom. The molecule has 5 nitrogen and oxygen atoms in total. The van der Waals surface area contributed by atoms with E-state index in [1.54, 1.807) is 0 Å². The Kier molecular flexibility index (Phi) is 6.84. The molecule has 0 aromatic carbocycles. The van der Waals surface area contributed by atoms with Crippen molar-refractivity contribution < 1.29 is 9.59 Å². The molecule has 110 valence electrons. The first-order chi connectivity index (χ1) is 8.99. The van der Waals surface area contributed by atoms with E-state index in [9.17, 15) is 9.59 Å². The largest absolute Gasteiger partial charge is 0.355 e. The van der Waals surface area contributed by atoms with Gasteiger partial charge in [0.2, 0.25) is 11.8 Å². The van der Waals surface area contributed by atoms with Crippen LogP contribution in [0.3, 0.4) is 0 Å². The Balaban J connectivity index is 2.17. The molecule has 0 unspecified atom stereocenters. The molecule has 1 saturated carbocycles. The molecule has 0 aromatic rings. The van der Waals surface area contributed by atoms with Crippen LogP contribution in [0, 0.1) is 5.92 Å². The zero-order valence-electron chi connectivity index (χ0n) is 12.4. The van der Waals surface area contributed by atoms with Gasteiger partial charge in [-0.2, -0.15) is 0 Å². The molecule has 0 saturated heterocycles. The van der Waals surface area contributed by atoms with Crippen molar-refractivity contribution in [1.29, 1.82) is 0 Å². The van der Waals surface area contributed by atoms with Gasteiger partial charge >= 0.3 is 0 Å². The third kappa shape index (κ3) is 7.82. The minimum atomic E-state index is -0.0641. The third-order valence-corrected chi connectivity index (χ3v) is 3.22. The molecule has 0 atom stereocenters. The fourth-order valence-electron chi connectivity index (χ4n) is 1.94. The number of nitrogens with one attached hydrogen (secondary N) is 2. The maximum absolute atomic E-state index is 11.8. The minimum absolute atomic E-state index is 0.0565. The van der Waals surface area contributed by atoms with Gasteiger partial charge in [0.25, 0.3) is 0 Å². The summed E-state index contributed by atoms with van der Waals surface area (Å²) >= 11 is 0. The van der Waals surface area contributed by atoms with Gasteiger partial charge in [-0.1, -0.05) is 13.8 Å².